The third-order valence-electron chi connectivity index (χ3n) is 3.28. The van der Waals surface area contributed by atoms with Crippen LogP contribution in [0.25, 0.3) is 0 Å². The molecule has 0 fully saturated rings. The second-order valence-corrected chi connectivity index (χ2v) is 6.32. The van der Waals surface area contributed by atoms with Crippen LogP contribution < -0.4 is 10.0 Å². The molecule has 1 aromatic carbocycles. The van der Waals surface area contributed by atoms with Gasteiger partial charge < -0.3 is 10.2 Å². The highest BCUT2D eigenvalue weighted by Gasteiger charge is 2.33. The fraction of sp³-hybridized carbons (Fsp3) is 0.231. The molecule has 0 unspecified atom stereocenters. The van der Waals surface area contributed by atoms with Gasteiger partial charge in [-0.25, -0.2) is 4.39 Å². The van der Waals surface area contributed by atoms with E-state index in [2.05, 4.69) is 0 Å². The summed E-state index contributed by atoms with van der Waals surface area (Å²) >= 11 is 0. The van der Waals surface area contributed by atoms with Crippen LogP contribution in [0.5, 0.6) is 0 Å². The van der Waals surface area contributed by atoms with E-state index in [0.29, 0.717) is 17.9 Å². The number of nitrogens with zero attached hydrogens (tertiary/aromatic N) is 1. The van der Waals surface area contributed by atoms with Crippen molar-refractivity contribution in [2.24, 2.45) is 5.73 Å². The molecule has 0 spiro atoms. The van der Waals surface area contributed by atoms with Gasteiger partial charge in [0.05, 0.1) is 12.2 Å². The normalized spacial score (nSPS) is 14.6. The maximum absolute atomic E-state index is 13.3. The lowest BCUT2D eigenvalue weighted by atomic mass is 10.2. The SMILES string of the molecule is NCc1ccc(S(=O)(=O)N2CCc3ccc(F)cc32)o1. The first-order valence-corrected chi connectivity index (χ1v) is 7.56. The lowest BCUT2D eigenvalue weighted by Gasteiger charge is -2.17. The molecular weight excluding hydrogens is 283 g/mol. The maximum Gasteiger partial charge on any atom is 0.297 e. The Hall–Kier alpha value is -1.86. The van der Waals surface area contributed by atoms with Gasteiger partial charge in [-0.15, -0.1) is 0 Å². The maximum atomic E-state index is 13.3. The highest BCUT2D eigenvalue weighted by atomic mass is 32.2. The summed E-state index contributed by atoms with van der Waals surface area (Å²) in [5.41, 5.74) is 6.58. The van der Waals surface area contributed by atoms with Crippen molar-refractivity contribution in [1.29, 1.82) is 0 Å². The van der Waals surface area contributed by atoms with Crippen LogP contribution in [0.4, 0.5) is 10.1 Å². The zero-order chi connectivity index (χ0) is 14.3. The standard InChI is InChI=1S/C13H13FN2O3S/c14-10-2-1-9-5-6-16(12(9)7-10)20(17,18)13-4-3-11(8-15)19-13/h1-4,7H,5-6,8,15H2. The minimum Gasteiger partial charge on any atom is -0.446 e. The predicted molar refractivity (Wildman–Crippen MR) is 71.2 cm³/mol. The molecule has 106 valence electrons. The molecule has 2 heterocycles. The van der Waals surface area contributed by atoms with Gasteiger partial charge in [-0.2, -0.15) is 8.42 Å². The first-order chi connectivity index (χ1) is 9.52. The zero-order valence-corrected chi connectivity index (χ0v) is 11.4. The van der Waals surface area contributed by atoms with Gasteiger partial charge in [-0.1, -0.05) is 6.07 Å². The topological polar surface area (TPSA) is 76.5 Å². The molecule has 0 aliphatic carbocycles. The van der Waals surface area contributed by atoms with Crippen LogP contribution in [0, 0.1) is 5.82 Å². The Kier molecular flexibility index (Phi) is 3.02. The molecule has 0 saturated carbocycles. The van der Waals surface area contributed by atoms with E-state index < -0.39 is 15.8 Å². The van der Waals surface area contributed by atoms with Crippen molar-refractivity contribution in [2.45, 2.75) is 18.1 Å². The Morgan fingerprint density at radius 1 is 1.30 bits per heavy atom. The van der Waals surface area contributed by atoms with Crippen molar-refractivity contribution < 1.29 is 17.2 Å². The molecule has 0 radical (unpaired) electrons. The fourth-order valence-corrected chi connectivity index (χ4v) is 3.72. The quantitative estimate of drug-likeness (QED) is 0.934. The van der Waals surface area contributed by atoms with Gasteiger partial charge in [-0.3, -0.25) is 4.31 Å². The van der Waals surface area contributed by atoms with Crippen molar-refractivity contribution in [1.82, 2.24) is 0 Å². The van der Waals surface area contributed by atoms with Gasteiger partial charge in [0.2, 0.25) is 5.09 Å². The largest absolute Gasteiger partial charge is 0.446 e. The Labute approximate surface area is 115 Å². The molecule has 20 heavy (non-hydrogen) atoms. The number of hydrogen-bond acceptors (Lipinski definition) is 4. The summed E-state index contributed by atoms with van der Waals surface area (Å²) in [5, 5.41) is -0.171. The van der Waals surface area contributed by atoms with E-state index in [1.807, 2.05) is 0 Å². The minimum absolute atomic E-state index is 0.126. The smallest absolute Gasteiger partial charge is 0.297 e. The number of nitrogens with two attached hydrogens (primary N) is 1. The summed E-state index contributed by atoms with van der Waals surface area (Å²) in [4.78, 5) is 0. The fourth-order valence-electron chi connectivity index (χ4n) is 2.29. The van der Waals surface area contributed by atoms with Crippen molar-refractivity contribution in [3.63, 3.8) is 0 Å². The van der Waals surface area contributed by atoms with E-state index in [-0.39, 0.29) is 18.2 Å². The molecule has 1 aromatic heterocycles. The number of halogens is 1. The average molecular weight is 296 g/mol. The molecule has 2 N–H and O–H groups in total. The third kappa shape index (κ3) is 1.99. The molecule has 2 aromatic rings. The first kappa shape index (κ1) is 13.1. The van der Waals surface area contributed by atoms with Crippen molar-refractivity contribution in [2.75, 3.05) is 10.8 Å². The number of benzene rings is 1. The average Bonchev–Trinajstić information content (AvgIpc) is 3.05. The molecule has 1 aliphatic rings. The van der Waals surface area contributed by atoms with Gasteiger partial charge in [0.15, 0.2) is 0 Å². The van der Waals surface area contributed by atoms with Crippen molar-refractivity contribution in [3.05, 3.63) is 47.5 Å². The highest BCUT2D eigenvalue weighted by molar-refractivity contribution is 7.92. The predicted octanol–water partition coefficient (Wildman–Crippen LogP) is 1.63. The molecule has 0 atom stereocenters. The van der Waals surface area contributed by atoms with Gasteiger partial charge >= 0.3 is 0 Å². The third-order valence-corrected chi connectivity index (χ3v) is 4.97. The second kappa shape index (κ2) is 4.60. The number of sulfonamides is 1. The highest BCUT2D eigenvalue weighted by Crippen LogP contribution is 2.33. The van der Waals surface area contributed by atoms with E-state index in [4.69, 9.17) is 10.2 Å². The van der Waals surface area contributed by atoms with E-state index in [9.17, 15) is 12.8 Å². The van der Waals surface area contributed by atoms with E-state index in [1.54, 1.807) is 6.07 Å². The van der Waals surface area contributed by atoms with Crippen LogP contribution in [0.15, 0.2) is 39.8 Å². The summed E-state index contributed by atoms with van der Waals surface area (Å²) in [6.07, 6.45) is 0.555. The second-order valence-electron chi connectivity index (χ2n) is 4.53. The lowest BCUT2D eigenvalue weighted by molar-refractivity contribution is 0.415. The number of hydrogen-bond donors (Lipinski definition) is 1. The van der Waals surface area contributed by atoms with Crippen LogP contribution in [0.3, 0.4) is 0 Å². The van der Waals surface area contributed by atoms with Gasteiger partial charge in [0.1, 0.15) is 11.6 Å². The number of rotatable bonds is 3. The van der Waals surface area contributed by atoms with Crippen molar-refractivity contribution in [3.8, 4) is 0 Å². The molecule has 3 rings (SSSR count). The molecular formula is C13H13FN2O3S. The first-order valence-electron chi connectivity index (χ1n) is 6.12. The molecule has 0 bridgehead atoms. The van der Waals surface area contributed by atoms with Crippen LogP contribution in [0.1, 0.15) is 11.3 Å². The number of furan rings is 1. The monoisotopic (exact) mass is 296 g/mol. The molecule has 5 nitrogen and oxygen atoms in total. The van der Waals surface area contributed by atoms with Crippen LogP contribution in [-0.4, -0.2) is 15.0 Å². The van der Waals surface area contributed by atoms with Crippen LogP contribution in [0.2, 0.25) is 0 Å². The van der Waals surface area contributed by atoms with Gasteiger partial charge in [0.25, 0.3) is 10.0 Å². The van der Waals surface area contributed by atoms with E-state index >= 15 is 0 Å². The zero-order valence-electron chi connectivity index (χ0n) is 10.5. The van der Waals surface area contributed by atoms with Gasteiger partial charge in [-0.05, 0) is 36.2 Å². The molecule has 0 saturated heterocycles. The van der Waals surface area contributed by atoms with E-state index in [0.717, 1.165) is 5.56 Å². The Bertz CT molecular complexity index is 755. The summed E-state index contributed by atoms with van der Waals surface area (Å²) in [5.74, 6) is -0.0739. The lowest BCUT2D eigenvalue weighted by Crippen LogP contribution is -2.28. The van der Waals surface area contributed by atoms with Gasteiger partial charge in [0, 0.05) is 6.54 Å². The number of fused-ring (bicyclic) bond motifs is 1. The van der Waals surface area contributed by atoms with Crippen molar-refractivity contribution >= 4 is 15.7 Å². The molecule has 1 aliphatic heterocycles. The molecule has 7 heteroatoms. The summed E-state index contributed by atoms with van der Waals surface area (Å²) in [6.45, 7) is 0.403. The van der Waals surface area contributed by atoms with Crippen LogP contribution in [-0.2, 0) is 23.0 Å². The van der Waals surface area contributed by atoms with E-state index in [1.165, 1.54) is 28.6 Å². The minimum atomic E-state index is -3.81. The summed E-state index contributed by atoms with van der Waals surface area (Å²) in [7, 11) is -3.81. The Morgan fingerprint density at radius 2 is 2.10 bits per heavy atom. The number of anilines is 1. The Balaban J connectivity index is 2.04. The molecule has 0 amide bonds. The summed E-state index contributed by atoms with van der Waals surface area (Å²) < 4.78 is 44.7. The van der Waals surface area contributed by atoms with Crippen LogP contribution >= 0.6 is 0 Å². The summed E-state index contributed by atoms with van der Waals surface area (Å²) in [6, 6.07) is 7.05. The Morgan fingerprint density at radius 3 is 2.80 bits per heavy atom.